The van der Waals surface area contributed by atoms with Crippen molar-refractivity contribution >= 4 is 37.8 Å². The van der Waals surface area contributed by atoms with Crippen LogP contribution in [0, 0.1) is 5.82 Å². The normalized spacial score (nSPS) is 18.3. The van der Waals surface area contributed by atoms with E-state index in [-0.39, 0.29) is 11.8 Å². The fourth-order valence-corrected chi connectivity index (χ4v) is 2.59. The predicted octanol–water partition coefficient (Wildman–Crippen LogP) is 2.04. The van der Waals surface area contributed by atoms with Gasteiger partial charge < -0.3 is 10.1 Å². The maximum Gasteiger partial charge on any atom is 0.331 e. The molecule has 104 valence electrons. The summed E-state index contributed by atoms with van der Waals surface area (Å²) in [6, 6.07) is 6.32. The van der Waals surface area contributed by atoms with Gasteiger partial charge in [0, 0.05) is 12.8 Å². The standard InChI is InChI=1S/C13H14Br2FNO2/c14-11(15)12(18)19-13(4-6-17-7-5-13)9-2-1-3-10(16)8-9/h1-3,8,11,17H,4-7H2/p+1. The third-order valence-electron chi connectivity index (χ3n) is 3.33. The van der Waals surface area contributed by atoms with Crippen molar-refractivity contribution in [3.63, 3.8) is 0 Å². The first-order chi connectivity index (χ1) is 9.03. The van der Waals surface area contributed by atoms with E-state index >= 15 is 0 Å². The van der Waals surface area contributed by atoms with Crippen molar-refractivity contribution in [1.82, 2.24) is 0 Å². The number of carbonyl (C=O) groups is 1. The first kappa shape index (κ1) is 14.9. The molecule has 1 heterocycles. The molecule has 1 saturated heterocycles. The van der Waals surface area contributed by atoms with Crippen molar-refractivity contribution in [2.24, 2.45) is 0 Å². The Kier molecular flexibility index (Phi) is 4.97. The quantitative estimate of drug-likeness (QED) is 0.628. The molecule has 0 spiro atoms. The number of rotatable bonds is 3. The van der Waals surface area contributed by atoms with Gasteiger partial charge in [0.05, 0.1) is 13.1 Å². The lowest BCUT2D eigenvalue weighted by Gasteiger charge is -2.36. The van der Waals surface area contributed by atoms with E-state index in [2.05, 4.69) is 37.2 Å². The minimum Gasteiger partial charge on any atom is -0.452 e. The van der Waals surface area contributed by atoms with E-state index in [4.69, 9.17) is 4.74 Å². The van der Waals surface area contributed by atoms with E-state index in [0.717, 1.165) is 18.7 Å². The number of hydrogen-bond donors (Lipinski definition) is 1. The minimum atomic E-state index is -0.715. The first-order valence-electron chi connectivity index (χ1n) is 6.12. The molecule has 0 saturated carbocycles. The second-order valence-electron chi connectivity index (χ2n) is 4.59. The average molecular weight is 396 g/mol. The van der Waals surface area contributed by atoms with Gasteiger partial charge in [0.1, 0.15) is 11.4 Å². The summed E-state index contributed by atoms with van der Waals surface area (Å²) in [5, 5.41) is 2.17. The van der Waals surface area contributed by atoms with Crippen LogP contribution in [-0.2, 0) is 15.1 Å². The number of alkyl halides is 2. The van der Waals surface area contributed by atoms with E-state index in [0.29, 0.717) is 12.8 Å². The third-order valence-corrected chi connectivity index (χ3v) is 4.08. The van der Waals surface area contributed by atoms with Crippen LogP contribution in [0.4, 0.5) is 4.39 Å². The first-order valence-corrected chi connectivity index (χ1v) is 7.95. The number of benzene rings is 1. The monoisotopic (exact) mass is 394 g/mol. The number of ether oxygens (including phenoxy) is 1. The molecule has 0 aromatic heterocycles. The van der Waals surface area contributed by atoms with E-state index in [1.54, 1.807) is 6.07 Å². The van der Waals surface area contributed by atoms with Crippen molar-refractivity contribution in [1.29, 1.82) is 0 Å². The zero-order valence-corrected chi connectivity index (χ0v) is 13.4. The van der Waals surface area contributed by atoms with Crippen LogP contribution < -0.4 is 5.32 Å². The second kappa shape index (κ2) is 6.33. The molecule has 2 rings (SSSR count). The predicted molar refractivity (Wildman–Crippen MR) is 76.7 cm³/mol. The number of quaternary nitrogens is 1. The Morgan fingerprint density at radius 1 is 1.37 bits per heavy atom. The molecule has 3 nitrogen and oxygen atoms in total. The SMILES string of the molecule is O=C(OC1(c2cccc(F)c2)CC[NH2+]CC1)C(Br)Br. The molecule has 0 aliphatic carbocycles. The molecule has 1 aliphatic heterocycles. The summed E-state index contributed by atoms with van der Waals surface area (Å²) < 4.78 is 18.5. The summed E-state index contributed by atoms with van der Waals surface area (Å²) >= 11 is 6.28. The molecule has 1 aromatic rings. The number of carbonyl (C=O) groups excluding carboxylic acids is 1. The van der Waals surface area contributed by atoms with Crippen molar-refractivity contribution < 1.29 is 19.2 Å². The van der Waals surface area contributed by atoms with Crippen LogP contribution in [0.25, 0.3) is 0 Å². The van der Waals surface area contributed by atoms with Gasteiger partial charge in [0.25, 0.3) is 0 Å². The van der Waals surface area contributed by atoms with Crippen molar-refractivity contribution in [3.05, 3.63) is 35.6 Å². The van der Waals surface area contributed by atoms with Crippen LogP contribution in [0.3, 0.4) is 0 Å². The zero-order chi connectivity index (χ0) is 13.9. The Labute approximate surface area is 128 Å². The highest BCUT2D eigenvalue weighted by molar-refractivity contribution is 9.25. The second-order valence-corrected chi connectivity index (χ2v) is 7.65. The molecule has 0 unspecified atom stereocenters. The molecule has 1 fully saturated rings. The number of hydrogen-bond acceptors (Lipinski definition) is 2. The smallest absolute Gasteiger partial charge is 0.331 e. The number of esters is 1. The Morgan fingerprint density at radius 2 is 2.05 bits per heavy atom. The molecule has 2 N–H and O–H groups in total. The Morgan fingerprint density at radius 3 is 2.63 bits per heavy atom. The van der Waals surface area contributed by atoms with Crippen LogP contribution in [0.1, 0.15) is 18.4 Å². The van der Waals surface area contributed by atoms with Gasteiger partial charge in [-0.1, -0.05) is 44.0 Å². The van der Waals surface area contributed by atoms with Crippen LogP contribution in [-0.4, -0.2) is 22.8 Å². The molecular weight excluding hydrogens is 381 g/mol. The highest BCUT2D eigenvalue weighted by Gasteiger charge is 2.40. The molecule has 0 atom stereocenters. The molecule has 0 amide bonds. The van der Waals surface area contributed by atoms with Crippen molar-refractivity contribution in [3.8, 4) is 0 Å². The zero-order valence-electron chi connectivity index (χ0n) is 10.2. The van der Waals surface area contributed by atoms with Crippen molar-refractivity contribution in [2.45, 2.75) is 22.2 Å². The highest BCUT2D eigenvalue weighted by Crippen LogP contribution is 2.35. The highest BCUT2D eigenvalue weighted by atomic mass is 79.9. The van der Waals surface area contributed by atoms with Gasteiger partial charge in [-0.25, -0.2) is 9.18 Å². The topological polar surface area (TPSA) is 42.9 Å². The summed E-state index contributed by atoms with van der Waals surface area (Å²) in [4.78, 5) is 11.9. The summed E-state index contributed by atoms with van der Waals surface area (Å²) in [5.41, 5.74) is 0.0166. The van der Waals surface area contributed by atoms with Crippen LogP contribution >= 0.6 is 31.9 Å². The van der Waals surface area contributed by atoms with Crippen LogP contribution in [0.5, 0.6) is 0 Å². The minimum absolute atomic E-state index is 0.309. The van der Waals surface area contributed by atoms with Gasteiger partial charge in [-0.3, -0.25) is 0 Å². The summed E-state index contributed by atoms with van der Waals surface area (Å²) in [6.45, 7) is 1.72. The Bertz CT molecular complexity index is 462. The van der Waals surface area contributed by atoms with E-state index in [1.165, 1.54) is 12.1 Å². The maximum absolute atomic E-state index is 13.4. The molecule has 1 aliphatic rings. The molecule has 0 radical (unpaired) electrons. The van der Waals surface area contributed by atoms with Gasteiger partial charge >= 0.3 is 5.97 Å². The lowest BCUT2D eigenvalue weighted by Crippen LogP contribution is -2.87. The third kappa shape index (κ3) is 3.55. The Hall–Kier alpha value is -0.460. The van der Waals surface area contributed by atoms with Gasteiger partial charge in [-0.05, 0) is 17.7 Å². The Balaban J connectivity index is 2.31. The molecule has 6 heteroatoms. The van der Waals surface area contributed by atoms with E-state index in [1.807, 2.05) is 6.07 Å². The average Bonchev–Trinajstić information content (AvgIpc) is 2.39. The van der Waals surface area contributed by atoms with Crippen LogP contribution in [0.2, 0.25) is 0 Å². The lowest BCUT2D eigenvalue weighted by atomic mass is 9.84. The number of piperidine rings is 1. The van der Waals surface area contributed by atoms with E-state index in [9.17, 15) is 9.18 Å². The molecule has 0 bridgehead atoms. The fraction of sp³-hybridized carbons (Fsp3) is 0.462. The number of halogens is 3. The molecule has 1 aromatic carbocycles. The lowest BCUT2D eigenvalue weighted by molar-refractivity contribution is -0.668. The van der Waals surface area contributed by atoms with Gasteiger partial charge in [-0.2, -0.15) is 0 Å². The molecular formula is C13H15Br2FNO2+. The van der Waals surface area contributed by atoms with Gasteiger partial charge in [0.15, 0.2) is 3.74 Å². The van der Waals surface area contributed by atoms with Crippen molar-refractivity contribution in [2.75, 3.05) is 13.1 Å². The van der Waals surface area contributed by atoms with Crippen LogP contribution in [0.15, 0.2) is 24.3 Å². The number of nitrogens with two attached hydrogens (primary N) is 1. The summed E-state index contributed by atoms with van der Waals surface area (Å²) in [6.07, 6.45) is 1.38. The van der Waals surface area contributed by atoms with Gasteiger partial charge in [-0.15, -0.1) is 0 Å². The fourth-order valence-electron chi connectivity index (χ4n) is 2.40. The summed E-state index contributed by atoms with van der Waals surface area (Å²) in [5.74, 6) is -0.692. The largest absolute Gasteiger partial charge is 0.452 e. The summed E-state index contributed by atoms with van der Waals surface area (Å²) in [7, 11) is 0. The molecule has 19 heavy (non-hydrogen) atoms. The van der Waals surface area contributed by atoms with E-state index < -0.39 is 9.34 Å². The maximum atomic E-state index is 13.4. The van der Waals surface area contributed by atoms with Gasteiger partial charge in [0.2, 0.25) is 0 Å².